The maximum Gasteiger partial charge on any atom is 0.338 e. The fourth-order valence-electron chi connectivity index (χ4n) is 6.48. The number of amides is 2. The lowest BCUT2D eigenvalue weighted by atomic mass is 9.73. The van der Waals surface area contributed by atoms with Gasteiger partial charge in [-0.2, -0.15) is 0 Å². The zero-order valence-corrected chi connectivity index (χ0v) is 21.5. The Morgan fingerprint density at radius 3 is 2.16 bits per heavy atom. The molecule has 0 radical (unpaired) electrons. The van der Waals surface area contributed by atoms with Crippen LogP contribution in [0.15, 0.2) is 83.3 Å². The van der Waals surface area contributed by atoms with Crippen LogP contribution in [0.25, 0.3) is 0 Å². The van der Waals surface area contributed by atoms with Crippen LogP contribution in [0.2, 0.25) is 0 Å². The Morgan fingerprint density at radius 2 is 1.46 bits per heavy atom. The van der Waals surface area contributed by atoms with E-state index in [1.165, 1.54) is 22.6 Å². The summed E-state index contributed by atoms with van der Waals surface area (Å²) in [6.07, 6.45) is 1.86. The molecule has 0 spiro atoms. The molecule has 2 amide bonds. The van der Waals surface area contributed by atoms with Crippen molar-refractivity contribution in [2.45, 2.75) is 18.8 Å². The molecular formula is C30H24BrNO5. The number of imide groups is 1. The summed E-state index contributed by atoms with van der Waals surface area (Å²) in [5, 5.41) is 0. The van der Waals surface area contributed by atoms with Crippen LogP contribution < -0.4 is 4.90 Å². The monoisotopic (exact) mass is 557 g/mol. The van der Waals surface area contributed by atoms with Crippen molar-refractivity contribution in [3.8, 4) is 0 Å². The average Bonchev–Trinajstić information content (AvgIpc) is 3.59. The van der Waals surface area contributed by atoms with E-state index in [0.717, 1.165) is 17.3 Å². The quantitative estimate of drug-likeness (QED) is 0.230. The first-order chi connectivity index (χ1) is 17.9. The Hall–Kier alpha value is -3.58. The van der Waals surface area contributed by atoms with Crippen LogP contribution >= 0.6 is 15.9 Å². The maximum absolute atomic E-state index is 13.5. The van der Waals surface area contributed by atoms with Crippen LogP contribution in [0.3, 0.4) is 0 Å². The van der Waals surface area contributed by atoms with Gasteiger partial charge in [0.2, 0.25) is 11.8 Å². The molecule has 6 nitrogen and oxygen atoms in total. The van der Waals surface area contributed by atoms with E-state index >= 15 is 0 Å². The van der Waals surface area contributed by atoms with E-state index in [2.05, 4.69) is 28.1 Å². The standard InChI is InChI=1S/C30H24BrNO5/c31-21-10-6-18(7-11-21)25(33)16-37-30(36)19-8-12-22(13-9-19)32-28(34)26-20-14-23(17-4-2-1-3-5-17)24(15-20)27(26)29(32)35/h1-13,20,23-24,26-27H,14-16H2/t20-,23-,24+,26+,27+/m0/s1. The average molecular weight is 558 g/mol. The van der Waals surface area contributed by atoms with Gasteiger partial charge in [-0.3, -0.25) is 19.3 Å². The largest absolute Gasteiger partial charge is 0.454 e. The predicted octanol–water partition coefficient (Wildman–Crippen LogP) is 5.42. The van der Waals surface area contributed by atoms with Crippen molar-refractivity contribution in [1.29, 1.82) is 0 Å². The second-order valence-electron chi connectivity index (χ2n) is 10.0. The molecule has 0 aromatic heterocycles. The highest BCUT2D eigenvalue weighted by molar-refractivity contribution is 9.10. The van der Waals surface area contributed by atoms with Gasteiger partial charge in [0.25, 0.3) is 0 Å². The summed E-state index contributed by atoms with van der Waals surface area (Å²) in [4.78, 5) is 52.9. The third-order valence-corrected chi connectivity index (χ3v) is 8.63. The number of ketones is 1. The van der Waals surface area contributed by atoms with E-state index in [4.69, 9.17) is 4.74 Å². The number of Topliss-reactive ketones (excluding diaryl/α,β-unsaturated/α-hetero) is 1. The molecule has 3 fully saturated rings. The number of hydrogen-bond donors (Lipinski definition) is 0. The lowest BCUT2D eigenvalue weighted by Gasteiger charge is -2.28. The molecule has 1 saturated heterocycles. The molecule has 0 unspecified atom stereocenters. The first-order valence-corrected chi connectivity index (χ1v) is 13.2. The fourth-order valence-corrected chi connectivity index (χ4v) is 6.74. The molecule has 6 rings (SSSR count). The van der Waals surface area contributed by atoms with Gasteiger partial charge in [0.05, 0.1) is 23.1 Å². The Morgan fingerprint density at radius 1 is 0.811 bits per heavy atom. The highest BCUT2D eigenvalue weighted by atomic mass is 79.9. The van der Waals surface area contributed by atoms with Crippen molar-refractivity contribution in [3.05, 3.63) is 100 Å². The zero-order valence-electron chi connectivity index (χ0n) is 19.9. The lowest BCUT2D eigenvalue weighted by molar-refractivity contribution is -0.123. The number of halogens is 1. The van der Waals surface area contributed by atoms with Crippen LogP contribution in [0, 0.1) is 23.7 Å². The normalized spacial score (nSPS) is 25.9. The van der Waals surface area contributed by atoms with Gasteiger partial charge in [-0.1, -0.05) is 58.4 Å². The molecule has 186 valence electrons. The number of benzene rings is 3. The van der Waals surface area contributed by atoms with Gasteiger partial charge >= 0.3 is 5.97 Å². The van der Waals surface area contributed by atoms with E-state index < -0.39 is 5.97 Å². The highest BCUT2D eigenvalue weighted by Gasteiger charge is 2.64. The number of hydrogen-bond acceptors (Lipinski definition) is 5. The summed E-state index contributed by atoms with van der Waals surface area (Å²) in [6, 6.07) is 23.3. The minimum Gasteiger partial charge on any atom is -0.454 e. The van der Waals surface area contributed by atoms with Crippen LogP contribution in [0.5, 0.6) is 0 Å². The van der Waals surface area contributed by atoms with E-state index in [1.54, 1.807) is 36.4 Å². The van der Waals surface area contributed by atoms with Gasteiger partial charge in [-0.05, 0) is 72.6 Å². The molecule has 5 atom stereocenters. The van der Waals surface area contributed by atoms with Crippen molar-refractivity contribution in [3.63, 3.8) is 0 Å². The third kappa shape index (κ3) is 4.11. The van der Waals surface area contributed by atoms with Crippen molar-refractivity contribution in [1.82, 2.24) is 0 Å². The van der Waals surface area contributed by atoms with Gasteiger partial charge in [-0.15, -0.1) is 0 Å². The molecule has 2 bridgehead atoms. The van der Waals surface area contributed by atoms with Crippen molar-refractivity contribution < 1.29 is 23.9 Å². The van der Waals surface area contributed by atoms with Gasteiger partial charge in [-0.25, -0.2) is 4.79 Å². The van der Waals surface area contributed by atoms with Crippen LogP contribution in [-0.4, -0.2) is 30.2 Å². The highest BCUT2D eigenvalue weighted by Crippen LogP contribution is 2.61. The number of fused-ring (bicyclic) bond motifs is 5. The van der Waals surface area contributed by atoms with E-state index in [9.17, 15) is 19.2 Å². The Labute approximate surface area is 222 Å². The first-order valence-electron chi connectivity index (χ1n) is 12.4. The molecule has 7 heteroatoms. The molecule has 3 aliphatic rings. The Bertz CT molecular complexity index is 1390. The number of rotatable bonds is 6. The molecule has 0 N–H and O–H groups in total. The summed E-state index contributed by atoms with van der Waals surface area (Å²) in [6.45, 7) is -0.375. The number of carbonyl (C=O) groups is 4. The number of anilines is 1. The number of nitrogens with zero attached hydrogens (tertiary/aromatic N) is 1. The molecule has 2 aliphatic carbocycles. The Kier molecular flexibility index (Phi) is 6.03. The van der Waals surface area contributed by atoms with Crippen molar-refractivity contribution >= 4 is 45.2 Å². The summed E-state index contributed by atoms with van der Waals surface area (Å²) in [5.41, 5.74) is 2.40. The molecule has 3 aromatic carbocycles. The van der Waals surface area contributed by atoms with Crippen molar-refractivity contribution in [2.75, 3.05) is 11.5 Å². The first kappa shape index (κ1) is 23.8. The summed E-state index contributed by atoms with van der Waals surface area (Å²) in [7, 11) is 0. The Balaban J connectivity index is 1.13. The zero-order chi connectivity index (χ0) is 25.7. The molecule has 1 aliphatic heterocycles. The second-order valence-corrected chi connectivity index (χ2v) is 10.9. The summed E-state index contributed by atoms with van der Waals surface area (Å²) in [5.74, 6) is -1.06. The third-order valence-electron chi connectivity index (χ3n) is 8.11. The predicted molar refractivity (Wildman–Crippen MR) is 140 cm³/mol. The van der Waals surface area contributed by atoms with Crippen molar-refractivity contribution in [2.24, 2.45) is 23.7 Å². The molecular weight excluding hydrogens is 534 g/mol. The minimum absolute atomic E-state index is 0.135. The summed E-state index contributed by atoms with van der Waals surface area (Å²) >= 11 is 3.32. The number of carbonyl (C=O) groups excluding carboxylic acids is 4. The van der Waals surface area contributed by atoms with Gasteiger partial charge in [0.1, 0.15) is 0 Å². The van der Waals surface area contributed by atoms with Crippen LogP contribution in [0.4, 0.5) is 5.69 Å². The SMILES string of the molecule is O=C(COC(=O)c1ccc(N2C(=O)[C@@H]3[C@@H]4C[C@@H]([C@H]3C2=O)[C@H](c2ccccc2)C4)cc1)c1ccc(Br)cc1. The van der Waals surface area contributed by atoms with Gasteiger partial charge in [0, 0.05) is 10.0 Å². The van der Waals surface area contributed by atoms with E-state index in [-0.39, 0.29) is 53.4 Å². The number of ether oxygens (including phenoxy) is 1. The van der Waals surface area contributed by atoms with Gasteiger partial charge < -0.3 is 4.74 Å². The van der Waals surface area contributed by atoms with Crippen LogP contribution in [-0.2, 0) is 14.3 Å². The van der Waals surface area contributed by atoms with Crippen LogP contribution in [0.1, 0.15) is 45.0 Å². The maximum atomic E-state index is 13.5. The van der Waals surface area contributed by atoms with E-state index in [0.29, 0.717) is 17.2 Å². The molecule has 3 aromatic rings. The van der Waals surface area contributed by atoms with E-state index in [1.807, 2.05) is 18.2 Å². The second kappa shape index (κ2) is 9.38. The smallest absolute Gasteiger partial charge is 0.338 e. The van der Waals surface area contributed by atoms with Gasteiger partial charge in [0.15, 0.2) is 12.4 Å². The molecule has 2 saturated carbocycles. The minimum atomic E-state index is -0.642. The molecule has 37 heavy (non-hydrogen) atoms. The number of esters is 1. The molecule has 1 heterocycles. The fraction of sp³-hybridized carbons (Fsp3) is 0.267. The lowest BCUT2D eigenvalue weighted by Crippen LogP contribution is -2.33. The summed E-state index contributed by atoms with van der Waals surface area (Å²) < 4.78 is 6.04. The topological polar surface area (TPSA) is 80.8 Å².